The van der Waals surface area contributed by atoms with E-state index >= 15 is 0 Å². The predicted molar refractivity (Wildman–Crippen MR) is 287 cm³/mol. The van der Waals surface area contributed by atoms with Crippen LogP contribution >= 0.6 is 0 Å². The molecule has 0 radical (unpaired) electrons. The number of ether oxygens (including phenoxy) is 9. The van der Waals surface area contributed by atoms with Gasteiger partial charge in [-0.15, -0.1) is 0 Å². The average molecular weight is 1090 g/mol. The van der Waals surface area contributed by atoms with Crippen LogP contribution in [0.25, 0.3) is 0 Å². The molecule has 5 rings (SSSR count). The smallest absolute Gasteiger partial charge is 0.422 e. The number of nitrogens with one attached hydrogen (secondary N) is 2. The van der Waals surface area contributed by atoms with Crippen molar-refractivity contribution in [1.29, 1.82) is 0 Å². The van der Waals surface area contributed by atoms with Crippen molar-refractivity contribution in [3.8, 4) is 5.75 Å². The van der Waals surface area contributed by atoms with Gasteiger partial charge >= 0.3 is 18.0 Å². The lowest BCUT2D eigenvalue weighted by molar-refractivity contribution is -0.318. The van der Waals surface area contributed by atoms with Gasteiger partial charge in [0.15, 0.2) is 24.8 Å². The summed E-state index contributed by atoms with van der Waals surface area (Å²) in [6.07, 6.45) is -2.84. The third-order valence-corrected chi connectivity index (χ3v) is 16.7. The quantitative estimate of drug-likeness (QED) is 0.0431. The zero-order valence-electron chi connectivity index (χ0n) is 48.8. The Labute approximate surface area is 458 Å². The largest absolute Gasteiger partial charge is 0.497 e. The van der Waals surface area contributed by atoms with Gasteiger partial charge in [-0.2, -0.15) is 0 Å². The van der Waals surface area contributed by atoms with E-state index in [2.05, 4.69) is 10.9 Å². The number of methoxy groups -OCH3 is 2. The molecule has 440 valence electrons. The molecule has 4 fully saturated rings. The van der Waals surface area contributed by atoms with Gasteiger partial charge in [0.25, 0.3) is 0 Å². The van der Waals surface area contributed by atoms with E-state index < -0.39 is 126 Å². The molecule has 3 aliphatic heterocycles. The Morgan fingerprint density at radius 3 is 2.25 bits per heavy atom. The number of hydrazine groups is 1. The van der Waals surface area contributed by atoms with E-state index in [1.54, 1.807) is 55.6 Å². The first kappa shape index (κ1) is 64.1. The number of hydrogen-bond acceptors (Lipinski definition) is 19. The minimum absolute atomic E-state index is 0.0451. The van der Waals surface area contributed by atoms with Crippen LogP contribution in [-0.4, -0.2) is 163 Å². The molecule has 3 saturated heterocycles. The molecule has 0 spiro atoms. The minimum Gasteiger partial charge on any atom is -0.497 e. The van der Waals surface area contributed by atoms with Crippen LogP contribution in [0.3, 0.4) is 0 Å². The van der Waals surface area contributed by atoms with Crippen LogP contribution in [0.2, 0.25) is 0 Å². The molecule has 4 aliphatic rings. The van der Waals surface area contributed by atoms with Crippen molar-refractivity contribution in [2.24, 2.45) is 34.7 Å². The van der Waals surface area contributed by atoms with Gasteiger partial charge < -0.3 is 67.7 Å². The van der Waals surface area contributed by atoms with E-state index in [-0.39, 0.29) is 25.8 Å². The fourth-order valence-corrected chi connectivity index (χ4v) is 12.3. The number of nitrogens with zero attached hydrogens (tertiary/aromatic N) is 2. The molecule has 0 aromatic heterocycles. The van der Waals surface area contributed by atoms with Crippen LogP contribution < -0.4 is 15.6 Å². The lowest BCUT2D eigenvalue weighted by Gasteiger charge is -2.49. The molecule has 1 aliphatic carbocycles. The van der Waals surface area contributed by atoms with Crippen molar-refractivity contribution in [2.45, 2.75) is 238 Å². The topological polar surface area (TPSA) is 244 Å². The molecule has 1 unspecified atom stereocenters. The maximum absolute atomic E-state index is 14.8. The maximum atomic E-state index is 14.8. The Morgan fingerprint density at radius 2 is 1.61 bits per heavy atom. The average Bonchev–Trinajstić information content (AvgIpc) is 3.39. The fraction of sp³-hybridized carbons (Fsp3) is 0.825. The van der Waals surface area contributed by atoms with E-state index in [1.807, 2.05) is 57.1 Å². The van der Waals surface area contributed by atoms with Crippen LogP contribution in [0.5, 0.6) is 5.75 Å². The van der Waals surface area contributed by atoms with Crippen LogP contribution in [-0.2, 0) is 58.9 Å². The second kappa shape index (κ2) is 28.6. The van der Waals surface area contributed by atoms with Crippen LogP contribution in [0, 0.1) is 29.6 Å². The monoisotopic (exact) mass is 1090 g/mol. The van der Waals surface area contributed by atoms with Gasteiger partial charge in [0, 0.05) is 44.8 Å². The summed E-state index contributed by atoms with van der Waals surface area (Å²) in [7, 11) is 6.82. The first-order valence-electron chi connectivity index (χ1n) is 28.1. The lowest BCUT2D eigenvalue weighted by atomic mass is 9.73. The lowest BCUT2D eigenvalue weighted by Crippen LogP contribution is -2.62. The highest BCUT2D eigenvalue weighted by molar-refractivity contribution is 5.88. The number of aliphatic hydroxyl groups is 3. The molecular formula is C57H96N4O16. The summed E-state index contributed by atoms with van der Waals surface area (Å²) < 4.78 is 56.7. The van der Waals surface area contributed by atoms with Crippen molar-refractivity contribution < 1.29 is 77.2 Å². The molecule has 1 amide bonds. The van der Waals surface area contributed by atoms with E-state index in [4.69, 9.17) is 52.6 Å². The number of rotatable bonds is 18. The summed E-state index contributed by atoms with van der Waals surface area (Å²) in [4.78, 5) is 48.9. The summed E-state index contributed by atoms with van der Waals surface area (Å²) in [5, 5.41) is 42.5. The van der Waals surface area contributed by atoms with E-state index in [1.165, 1.54) is 53.1 Å². The first-order valence-corrected chi connectivity index (χ1v) is 28.1. The number of oxime groups is 1. The second-order valence-corrected chi connectivity index (χ2v) is 23.4. The number of carbonyl (C=O) groups excluding carboxylic acids is 3. The van der Waals surface area contributed by atoms with Gasteiger partial charge in [-0.25, -0.2) is 10.2 Å². The third-order valence-electron chi connectivity index (χ3n) is 16.7. The minimum atomic E-state index is -1.98. The Hall–Kier alpha value is -3.70. The summed E-state index contributed by atoms with van der Waals surface area (Å²) >= 11 is 0. The molecule has 20 nitrogen and oxygen atoms in total. The summed E-state index contributed by atoms with van der Waals surface area (Å²) in [5.41, 5.74) is 1.86. The number of hydrogen-bond donors (Lipinski definition) is 5. The third kappa shape index (κ3) is 16.9. The number of carbonyl (C=O) groups is 3. The van der Waals surface area contributed by atoms with Gasteiger partial charge in [-0.1, -0.05) is 77.1 Å². The zero-order valence-corrected chi connectivity index (χ0v) is 48.8. The van der Waals surface area contributed by atoms with Crippen LogP contribution in [0.1, 0.15) is 152 Å². The van der Waals surface area contributed by atoms with Crippen LogP contribution in [0.4, 0.5) is 4.79 Å². The highest BCUT2D eigenvalue weighted by atomic mass is 16.7. The molecule has 20 heteroatoms. The number of aliphatic hydroxyl groups excluding tert-OH is 1. The molecule has 3 heterocycles. The van der Waals surface area contributed by atoms with Crippen molar-refractivity contribution in [2.75, 3.05) is 34.9 Å². The van der Waals surface area contributed by atoms with E-state index in [0.29, 0.717) is 30.4 Å². The maximum Gasteiger partial charge on any atom is 0.422 e. The summed E-state index contributed by atoms with van der Waals surface area (Å²) in [6, 6.07) is 6.96. The molecular weight excluding hydrogens is 997 g/mol. The van der Waals surface area contributed by atoms with Gasteiger partial charge in [0.2, 0.25) is 0 Å². The molecule has 1 aromatic carbocycles. The first-order chi connectivity index (χ1) is 36.3. The number of amides is 1. The Bertz CT molecular complexity index is 2050. The van der Waals surface area contributed by atoms with Crippen molar-refractivity contribution in [3.05, 3.63) is 29.8 Å². The fourth-order valence-electron chi connectivity index (χ4n) is 12.3. The van der Waals surface area contributed by atoms with Gasteiger partial charge in [-0.3, -0.25) is 15.0 Å². The highest BCUT2D eigenvalue weighted by Crippen LogP contribution is 2.42. The van der Waals surface area contributed by atoms with E-state index in [0.717, 1.165) is 18.4 Å². The second-order valence-electron chi connectivity index (χ2n) is 23.4. The van der Waals surface area contributed by atoms with Crippen molar-refractivity contribution in [1.82, 2.24) is 15.8 Å². The molecule has 77 heavy (non-hydrogen) atoms. The van der Waals surface area contributed by atoms with Crippen molar-refractivity contribution in [3.63, 3.8) is 0 Å². The molecule has 0 bridgehead atoms. The SMILES string of the molecule is CC[C@@H]1OC(=O)[C@H](C)[C@@H](O[C@H]2C[C@@](C)(OC)[C@@H](OC(C)=O)[C@H](C)O2)[C@H](C)[C@@H](O[C@@H]2O[C@H](C)C[C@H](N(C)C)[C@H]2OC(=O)NNCc2cccc(OC)c2)C(C)(O)C[C@@H](C)/C(=N\OCCCC2CCCCC2)[C@@H](C)[C@@H](O)[C@]1(C)O. The Morgan fingerprint density at radius 1 is 0.909 bits per heavy atom. The number of benzene rings is 1. The van der Waals surface area contributed by atoms with Crippen molar-refractivity contribution >= 4 is 23.7 Å². The van der Waals surface area contributed by atoms with Gasteiger partial charge in [0.05, 0.1) is 60.9 Å². The molecule has 1 saturated carbocycles. The van der Waals surface area contributed by atoms with Gasteiger partial charge in [0.1, 0.15) is 29.7 Å². The summed E-state index contributed by atoms with van der Waals surface area (Å²) in [5.74, 6) is -3.53. The number of cyclic esters (lactones) is 1. The highest BCUT2D eigenvalue weighted by Gasteiger charge is 2.55. The molecule has 5 N–H and O–H groups in total. The molecule has 18 atom stereocenters. The Kier molecular flexibility index (Phi) is 23.8. The summed E-state index contributed by atoms with van der Waals surface area (Å²) in [6.45, 7) is 19.2. The van der Waals surface area contributed by atoms with Gasteiger partial charge in [-0.05, 0) is 111 Å². The number of esters is 2. The zero-order chi connectivity index (χ0) is 57.0. The molecule has 1 aromatic rings. The van der Waals surface area contributed by atoms with E-state index in [9.17, 15) is 29.7 Å². The predicted octanol–water partition coefficient (Wildman–Crippen LogP) is 6.97. The standard InChI is InChI=1S/C57H96N4O16/c1-16-44-57(11,67)49(63)35(4)46(60-70-27-21-25-40-22-18-17-19-23-40)33(2)30-55(9,66)50(36(5)47(37(6)52(64)74-44)75-45-31-56(10,69-15)51(38(7)72-45)73-39(8)62)77-53-48(43(61(12)13)28-34(3)71-53)76-54(65)59-58-32-41-24-20-26-42(29-41)68-14/h20,24,26,29,33-38,40,43-45,47-51,53,58,63,66-67H,16-19,21-23,25,27-28,30-32H2,1-15H3,(H,59,65)/b60-46+/t33-,34-,35-,36+,37-,38+,43+,44+,45+,47+,48-,49-,50-,51+,53+,55?,56-,57-/m1/s1. The number of likely N-dealkylation sites (N-methyl/N-ethyl adjacent to an activating group) is 1. The Balaban J connectivity index is 1.59. The normalized spacial score (nSPS) is 38.6. The van der Waals surface area contributed by atoms with Crippen LogP contribution in [0.15, 0.2) is 29.4 Å².